The second-order valence-corrected chi connectivity index (χ2v) is 16.1. The summed E-state index contributed by atoms with van der Waals surface area (Å²) < 4.78 is 34.1. The van der Waals surface area contributed by atoms with Crippen LogP contribution in [0.1, 0.15) is 102 Å². The number of aliphatic hydroxyl groups excluding tert-OH is 1. The Morgan fingerprint density at radius 1 is 1.15 bits per heavy atom. The molecule has 0 saturated carbocycles. The van der Waals surface area contributed by atoms with Crippen molar-refractivity contribution in [3.8, 4) is 0 Å². The number of esters is 2. The third-order valence-electron chi connectivity index (χ3n) is 12.4. The normalized spacial score (nSPS) is 41.5. The average Bonchev–Trinajstić information content (AvgIpc) is 3.57. The number of carbonyl (C=O) groups is 2. The molecule has 0 aromatic carbocycles. The molecule has 2 bridgehead atoms. The number of hydrogen-bond acceptors (Lipinski definition) is 10. The van der Waals surface area contributed by atoms with E-state index in [2.05, 4.69) is 25.9 Å². The Morgan fingerprint density at radius 3 is 2.60 bits per heavy atom. The number of fused-ring (bicyclic) bond motifs is 2. The van der Waals surface area contributed by atoms with Gasteiger partial charge in [0.15, 0.2) is 11.9 Å². The fraction of sp³-hybridized carbons (Fsp3) is 0.683. The Hall–Kier alpha value is -3.09. The lowest BCUT2D eigenvalue weighted by Crippen LogP contribution is -2.59. The van der Waals surface area contributed by atoms with Gasteiger partial charge in [0.1, 0.15) is 29.3 Å². The maximum atomic E-state index is 14.5. The van der Waals surface area contributed by atoms with Gasteiger partial charge in [-0.25, -0.2) is 4.79 Å². The van der Waals surface area contributed by atoms with Crippen molar-refractivity contribution < 1.29 is 43.5 Å². The van der Waals surface area contributed by atoms with Gasteiger partial charge in [-0.3, -0.25) is 9.48 Å². The molecule has 5 aliphatic rings. The number of aliphatic hydroxyl groups is 2. The van der Waals surface area contributed by atoms with Crippen molar-refractivity contribution in [3.05, 3.63) is 64.1 Å². The first kappa shape index (κ1) is 38.6. The number of aromatic nitrogens is 2. The van der Waals surface area contributed by atoms with Crippen molar-refractivity contribution in [3.63, 3.8) is 0 Å². The monoisotopic (exact) mass is 722 g/mol. The maximum Gasteiger partial charge on any atom is 0.342 e. The maximum absolute atomic E-state index is 14.5. The molecule has 4 aliphatic heterocycles. The highest BCUT2D eigenvalue weighted by Gasteiger charge is 2.61. The van der Waals surface area contributed by atoms with Crippen molar-refractivity contribution in [2.45, 2.75) is 142 Å². The first-order valence-electron chi connectivity index (χ1n) is 19.1. The summed E-state index contributed by atoms with van der Waals surface area (Å²) in [6.07, 6.45) is 9.37. The lowest BCUT2D eigenvalue weighted by molar-refractivity contribution is -0.340. The van der Waals surface area contributed by atoms with Crippen molar-refractivity contribution >= 4 is 11.9 Å². The summed E-state index contributed by atoms with van der Waals surface area (Å²) in [5.74, 6) is -2.76. The predicted octanol–water partition coefficient (Wildman–Crippen LogP) is 5.75. The Labute approximate surface area is 308 Å². The first-order chi connectivity index (χ1) is 24.6. The van der Waals surface area contributed by atoms with Crippen LogP contribution < -0.4 is 0 Å². The molecule has 11 heteroatoms. The molecule has 1 spiro atoms. The minimum atomic E-state index is -1.87. The van der Waals surface area contributed by atoms with Gasteiger partial charge in [-0.15, -0.1) is 0 Å². The van der Waals surface area contributed by atoms with Crippen LogP contribution in [0.15, 0.2) is 47.1 Å². The van der Waals surface area contributed by atoms with Crippen LogP contribution in [0.3, 0.4) is 0 Å². The second-order valence-electron chi connectivity index (χ2n) is 16.1. The van der Waals surface area contributed by atoms with E-state index in [1.807, 2.05) is 26.0 Å². The van der Waals surface area contributed by atoms with Gasteiger partial charge in [0.05, 0.1) is 30.6 Å². The van der Waals surface area contributed by atoms with Crippen LogP contribution >= 0.6 is 0 Å². The smallest absolute Gasteiger partial charge is 0.342 e. The molecule has 52 heavy (non-hydrogen) atoms. The number of carbonyl (C=O) groups excluding carboxylic acids is 2. The Bertz CT molecular complexity index is 1650. The lowest BCUT2D eigenvalue weighted by atomic mass is 9.70. The zero-order valence-electron chi connectivity index (χ0n) is 32.3. The molecular weight excluding hydrogens is 664 g/mol. The fourth-order valence-electron chi connectivity index (χ4n) is 8.93. The Kier molecular flexibility index (Phi) is 11.1. The quantitative estimate of drug-likeness (QED) is 0.292. The summed E-state index contributed by atoms with van der Waals surface area (Å²) in [6.45, 7) is 15.8. The fourth-order valence-corrected chi connectivity index (χ4v) is 8.93. The van der Waals surface area contributed by atoms with E-state index in [0.29, 0.717) is 65.6 Å². The predicted molar refractivity (Wildman–Crippen MR) is 194 cm³/mol. The summed E-state index contributed by atoms with van der Waals surface area (Å²) in [5.41, 5.74) is 1.53. The Morgan fingerprint density at radius 2 is 1.90 bits per heavy atom. The van der Waals surface area contributed by atoms with Gasteiger partial charge >= 0.3 is 11.9 Å². The molecule has 2 N–H and O–H groups in total. The number of hydrogen-bond donors (Lipinski definition) is 2. The highest BCUT2D eigenvalue weighted by atomic mass is 16.7. The molecule has 0 unspecified atom stereocenters. The molecule has 3 fully saturated rings. The molecule has 3 saturated heterocycles. The largest absolute Gasteiger partial charge is 0.462 e. The van der Waals surface area contributed by atoms with Gasteiger partial charge in [-0.2, -0.15) is 5.10 Å². The molecule has 1 aromatic rings. The summed E-state index contributed by atoms with van der Waals surface area (Å²) in [6, 6.07) is 0. The first-order valence-corrected chi connectivity index (χ1v) is 19.1. The number of allylic oxidation sites excluding steroid dienone is 2. The van der Waals surface area contributed by atoms with E-state index < -0.39 is 53.7 Å². The van der Waals surface area contributed by atoms with E-state index in [1.165, 1.54) is 0 Å². The van der Waals surface area contributed by atoms with Crippen LogP contribution in [0.5, 0.6) is 0 Å². The third-order valence-corrected chi connectivity index (χ3v) is 12.4. The summed E-state index contributed by atoms with van der Waals surface area (Å²) in [7, 11) is 1.76. The van der Waals surface area contributed by atoms with Crippen LogP contribution in [0.25, 0.3) is 0 Å². The highest BCUT2D eigenvalue weighted by Crippen LogP contribution is 2.48. The van der Waals surface area contributed by atoms with E-state index in [-0.39, 0.29) is 24.7 Å². The van der Waals surface area contributed by atoms with Crippen molar-refractivity contribution in [1.82, 2.24) is 9.78 Å². The highest BCUT2D eigenvalue weighted by molar-refractivity contribution is 5.92. The number of nitrogens with zero attached hydrogens (tertiary/aromatic N) is 2. The van der Waals surface area contributed by atoms with Crippen LogP contribution in [0.2, 0.25) is 0 Å². The minimum Gasteiger partial charge on any atom is -0.462 e. The lowest BCUT2D eigenvalue weighted by Gasteiger charge is -2.51. The van der Waals surface area contributed by atoms with E-state index in [4.69, 9.17) is 23.7 Å². The molecule has 1 aliphatic carbocycles. The van der Waals surface area contributed by atoms with Crippen molar-refractivity contribution in [2.75, 3.05) is 6.61 Å². The van der Waals surface area contributed by atoms with Gasteiger partial charge in [0.2, 0.25) is 0 Å². The van der Waals surface area contributed by atoms with Crippen LogP contribution in [-0.2, 0) is 35.5 Å². The van der Waals surface area contributed by atoms with Crippen molar-refractivity contribution in [2.24, 2.45) is 30.7 Å². The molecule has 5 heterocycles. The van der Waals surface area contributed by atoms with E-state index in [1.54, 1.807) is 50.7 Å². The van der Waals surface area contributed by atoms with Crippen LogP contribution in [-0.4, -0.2) is 86.6 Å². The summed E-state index contributed by atoms with van der Waals surface area (Å²) in [4.78, 5) is 28.1. The van der Waals surface area contributed by atoms with Gasteiger partial charge < -0.3 is 33.9 Å². The van der Waals surface area contributed by atoms with Gasteiger partial charge in [0.25, 0.3) is 0 Å². The Balaban J connectivity index is 1.38. The van der Waals surface area contributed by atoms with E-state index in [0.717, 1.165) is 18.4 Å². The van der Waals surface area contributed by atoms with Crippen LogP contribution in [0, 0.1) is 37.5 Å². The third kappa shape index (κ3) is 7.11. The molecule has 11 nitrogen and oxygen atoms in total. The SMILES string of the molecule is CC[C@H](C)[C@H]1O[C@]2(CC[C@@H]1C)C[C@@H]1C[C@@H](C/C=C(\C)[C@@H](O)[C@@H](C)/C=C/C=C3\CO[C@@H]4[C@H](OC(=O)c5c(C)nn(C)c5C)C(C)=C[C@@H](C(=O)O1)[C@]34O)O2. The van der Waals surface area contributed by atoms with Gasteiger partial charge in [-0.1, -0.05) is 64.5 Å². The van der Waals surface area contributed by atoms with E-state index in [9.17, 15) is 19.8 Å². The molecule has 0 amide bonds. The minimum absolute atomic E-state index is 0.00561. The molecule has 1 aromatic heterocycles. The van der Waals surface area contributed by atoms with Crippen LogP contribution in [0.4, 0.5) is 0 Å². The number of rotatable bonds is 4. The average molecular weight is 723 g/mol. The second kappa shape index (κ2) is 15.0. The summed E-state index contributed by atoms with van der Waals surface area (Å²) >= 11 is 0. The molecule has 6 rings (SSSR count). The molecule has 286 valence electrons. The molecule has 0 radical (unpaired) electrons. The topological polar surface area (TPSA) is 139 Å². The van der Waals surface area contributed by atoms with E-state index >= 15 is 0 Å². The standard InChI is InChI=1S/C41H58N2O9/c1-10-22(2)35-25(5)16-17-40(52-35)20-31-19-30(51-40)15-14-24(4)34(44)23(3)12-11-13-29-21-48-37-36(26(6)18-32(38(45)49-31)41(29,37)47)50-39(46)33-27(7)42-43(9)28(33)8/h11-14,18,22-23,25,30-32,34-37,44,47H,10,15-17,19-21H2,1-9H3/b12-11+,24-14+,29-13+/t22-,23-,25-,30+,31-,32-,34-,35+,36+,37+,40+,41+/m0/s1. The molecular formula is C41H58N2O9. The number of aryl methyl sites for hydroxylation is 2. The zero-order chi connectivity index (χ0) is 37.7. The van der Waals surface area contributed by atoms with Crippen molar-refractivity contribution in [1.29, 1.82) is 0 Å². The summed E-state index contributed by atoms with van der Waals surface area (Å²) in [5, 5.41) is 28.4. The van der Waals surface area contributed by atoms with Gasteiger partial charge in [0, 0.05) is 37.9 Å². The number of ether oxygens (including phenoxy) is 5. The zero-order valence-corrected chi connectivity index (χ0v) is 32.3. The van der Waals surface area contributed by atoms with Gasteiger partial charge in [-0.05, 0) is 69.1 Å². The molecule has 12 atom stereocenters.